The normalized spacial score (nSPS) is 19.1. The average Bonchev–Trinajstić information content (AvgIpc) is 2.75. The van der Waals surface area contributed by atoms with Crippen molar-refractivity contribution in [1.82, 2.24) is 0 Å². The molecule has 1 unspecified atom stereocenters. The maximum absolute atomic E-state index is 3.61. The lowest BCUT2D eigenvalue weighted by Gasteiger charge is -2.15. The maximum atomic E-state index is 3.61. The summed E-state index contributed by atoms with van der Waals surface area (Å²) < 4.78 is 0. The van der Waals surface area contributed by atoms with Gasteiger partial charge in [0.15, 0.2) is 0 Å². The molecule has 0 saturated carbocycles. The van der Waals surface area contributed by atoms with Crippen molar-refractivity contribution in [2.75, 3.05) is 17.2 Å². The molecule has 1 aromatic carbocycles. The van der Waals surface area contributed by atoms with Gasteiger partial charge in [-0.1, -0.05) is 18.2 Å². The Labute approximate surface area is 99.3 Å². The van der Waals surface area contributed by atoms with E-state index in [1.807, 2.05) is 11.3 Å². The molecule has 0 radical (unpaired) electrons. The molecule has 0 fully saturated rings. The SMILES string of the molecule is c1csc(C2CCNc3ccccc3N2)c1. The second kappa shape index (κ2) is 4.18. The molecule has 2 aromatic rings. The van der Waals surface area contributed by atoms with E-state index in [0.717, 1.165) is 13.0 Å². The Bertz CT molecular complexity index is 465. The second-order valence-electron chi connectivity index (χ2n) is 3.97. The fourth-order valence-corrected chi connectivity index (χ4v) is 2.89. The van der Waals surface area contributed by atoms with Gasteiger partial charge in [0.25, 0.3) is 0 Å². The first-order valence-electron chi connectivity index (χ1n) is 5.56. The smallest absolute Gasteiger partial charge is 0.0624 e. The van der Waals surface area contributed by atoms with Crippen molar-refractivity contribution in [3.63, 3.8) is 0 Å². The monoisotopic (exact) mass is 230 g/mol. The summed E-state index contributed by atoms with van der Waals surface area (Å²) in [4.78, 5) is 1.42. The van der Waals surface area contributed by atoms with Crippen LogP contribution < -0.4 is 10.6 Å². The molecule has 2 N–H and O–H groups in total. The first-order valence-corrected chi connectivity index (χ1v) is 6.44. The van der Waals surface area contributed by atoms with E-state index in [-0.39, 0.29) is 0 Å². The summed E-state index contributed by atoms with van der Waals surface area (Å²) in [5, 5.41) is 9.21. The van der Waals surface area contributed by atoms with Crippen molar-refractivity contribution in [2.24, 2.45) is 0 Å². The number of hydrogen-bond donors (Lipinski definition) is 2. The lowest BCUT2D eigenvalue weighted by Crippen LogP contribution is -2.09. The number of hydrogen-bond acceptors (Lipinski definition) is 3. The van der Waals surface area contributed by atoms with Crippen LogP contribution in [0.5, 0.6) is 0 Å². The zero-order chi connectivity index (χ0) is 10.8. The van der Waals surface area contributed by atoms with Crippen LogP contribution in [0.1, 0.15) is 17.3 Å². The first kappa shape index (κ1) is 9.73. The van der Waals surface area contributed by atoms with Gasteiger partial charge in [0.05, 0.1) is 17.4 Å². The summed E-state index contributed by atoms with van der Waals surface area (Å²) in [7, 11) is 0. The summed E-state index contributed by atoms with van der Waals surface area (Å²) in [6.45, 7) is 1.02. The molecule has 82 valence electrons. The van der Waals surface area contributed by atoms with E-state index in [9.17, 15) is 0 Å². The number of rotatable bonds is 1. The van der Waals surface area contributed by atoms with E-state index in [0.29, 0.717) is 6.04 Å². The van der Waals surface area contributed by atoms with Gasteiger partial charge in [0.2, 0.25) is 0 Å². The van der Waals surface area contributed by atoms with Crippen molar-refractivity contribution >= 4 is 22.7 Å². The Hall–Kier alpha value is -1.48. The number of para-hydroxylation sites is 2. The Morgan fingerprint density at radius 1 is 1.06 bits per heavy atom. The molecule has 3 heteroatoms. The molecule has 2 heterocycles. The standard InChI is InChI=1S/C13H14N2S/c1-2-5-11-10(4-1)14-8-7-12(15-11)13-6-3-9-16-13/h1-6,9,12,14-15H,7-8H2. The number of anilines is 2. The van der Waals surface area contributed by atoms with Crippen LogP contribution in [0.2, 0.25) is 0 Å². The minimum absolute atomic E-state index is 0.441. The fraction of sp³-hybridized carbons (Fsp3) is 0.231. The zero-order valence-corrected chi connectivity index (χ0v) is 9.76. The Morgan fingerprint density at radius 2 is 1.94 bits per heavy atom. The van der Waals surface area contributed by atoms with Crippen molar-refractivity contribution in [2.45, 2.75) is 12.5 Å². The van der Waals surface area contributed by atoms with Crippen LogP contribution in [0.3, 0.4) is 0 Å². The molecule has 3 rings (SSSR count). The summed E-state index contributed by atoms with van der Waals surface area (Å²) in [5.74, 6) is 0. The van der Waals surface area contributed by atoms with E-state index in [4.69, 9.17) is 0 Å². The van der Waals surface area contributed by atoms with E-state index in [1.165, 1.54) is 16.3 Å². The summed E-state index contributed by atoms with van der Waals surface area (Å²) in [6, 6.07) is 13.2. The van der Waals surface area contributed by atoms with Gasteiger partial charge in [-0.05, 0) is 30.0 Å². The molecular weight excluding hydrogens is 216 g/mol. The predicted molar refractivity (Wildman–Crippen MR) is 70.2 cm³/mol. The highest BCUT2D eigenvalue weighted by atomic mass is 32.1. The summed E-state index contributed by atoms with van der Waals surface area (Å²) >= 11 is 1.82. The average molecular weight is 230 g/mol. The quantitative estimate of drug-likeness (QED) is 0.780. The molecule has 1 aliphatic rings. The number of thiophene rings is 1. The highest BCUT2D eigenvalue weighted by Gasteiger charge is 2.16. The highest BCUT2D eigenvalue weighted by molar-refractivity contribution is 7.10. The molecule has 0 bridgehead atoms. The molecule has 0 amide bonds. The third-order valence-electron chi connectivity index (χ3n) is 2.89. The van der Waals surface area contributed by atoms with Gasteiger partial charge < -0.3 is 10.6 Å². The molecule has 0 aliphatic carbocycles. The van der Waals surface area contributed by atoms with E-state index < -0.39 is 0 Å². The van der Waals surface area contributed by atoms with Crippen molar-refractivity contribution < 1.29 is 0 Å². The lowest BCUT2D eigenvalue weighted by atomic mass is 10.1. The van der Waals surface area contributed by atoms with E-state index >= 15 is 0 Å². The Kier molecular flexibility index (Phi) is 2.54. The van der Waals surface area contributed by atoms with Crippen molar-refractivity contribution in [1.29, 1.82) is 0 Å². The van der Waals surface area contributed by atoms with Gasteiger partial charge in [-0.15, -0.1) is 11.3 Å². The van der Waals surface area contributed by atoms with E-state index in [1.54, 1.807) is 0 Å². The Morgan fingerprint density at radius 3 is 2.75 bits per heavy atom. The van der Waals surface area contributed by atoms with Crippen LogP contribution in [0.4, 0.5) is 11.4 Å². The van der Waals surface area contributed by atoms with Crippen LogP contribution >= 0.6 is 11.3 Å². The van der Waals surface area contributed by atoms with Gasteiger partial charge in [-0.2, -0.15) is 0 Å². The second-order valence-corrected chi connectivity index (χ2v) is 4.95. The lowest BCUT2D eigenvalue weighted by molar-refractivity contribution is 0.744. The zero-order valence-electron chi connectivity index (χ0n) is 8.94. The fourth-order valence-electron chi connectivity index (χ4n) is 2.08. The van der Waals surface area contributed by atoms with Gasteiger partial charge in [0.1, 0.15) is 0 Å². The van der Waals surface area contributed by atoms with Gasteiger partial charge in [-0.3, -0.25) is 0 Å². The summed E-state index contributed by atoms with van der Waals surface area (Å²) in [6.07, 6.45) is 1.12. The molecule has 1 atom stereocenters. The first-order chi connectivity index (χ1) is 7.93. The minimum Gasteiger partial charge on any atom is -0.383 e. The van der Waals surface area contributed by atoms with Crippen LogP contribution in [-0.4, -0.2) is 6.54 Å². The topological polar surface area (TPSA) is 24.1 Å². The number of nitrogens with one attached hydrogen (secondary N) is 2. The molecule has 0 saturated heterocycles. The Balaban J connectivity index is 1.91. The minimum atomic E-state index is 0.441. The van der Waals surface area contributed by atoms with Crippen LogP contribution in [-0.2, 0) is 0 Å². The number of benzene rings is 1. The van der Waals surface area contributed by atoms with Crippen molar-refractivity contribution in [3.8, 4) is 0 Å². The third-order valence-corrected chi connectivity index (χ3v) is 3.88. The number of fused-ring (bicyclic) bond motifs is 1. The maximum Gasteiger partial charge on any atom is 0.0624 e. The van der Waals surface area contributed by atoms with Crippen LogP contribution in [0.15, 0.2) is 41.8 Å². The molecule has 1 aromatic heterocycles. The third kappa shape index (κ3) is 1.78. The van der Waals surface area contributed by atoms with E-state index in [2.05, 4.69) is 52.4 Å². The highest BCUT2D eigenvalue weighted by Crippen LogP contribution is 2.32. The van der Waals surface area contributed by atoms with Gasteiger partial charge in [0, 0.05) is 11.4 Å². The van der Waals surface area contributed by atoms with Crippen LogP contribution in [0.25, 0.3) is 0 Å². The van der Waals surface area contributed by atoms with Gasteiger partial charge >= 0.3 is 0 Å². The molecule has 2 nitrogen and oxygen atoms in total. The predicted octanol–water partition coefficient (Wildman–Crippen LogP) is 3.72. The largest absolute Gasteiger partial charge is 0.383 e. The van der Waals surface area contributed by atoms with Crippen molar-refractivity contribution in [3.05, 3.63) is 46.7 Å². The van der Waals surface area contributed by atoms with Gasteiger partial charge in [-0.25, -0.2) is 0 Å². The molecular formula is C13H14N2S. The van der Waals surface area contributed by atoms with Crippen LogP contribution in [0, 0.1) is 0 Å². The summed E-state index contributed by atoms with van der Waals surface area (Å²) in [5.41, 5.74) is 2.42. The molecule has 1 aliphatic heterocycles. The molecule has 16 heavy (non-hydrogen) atoms. The molecule has 0 spiro atoms.